The topological polar surface area (TPSA) is 20.3 Å². The number of aryl methyl sites for hydroxylation is 2. The van der Waals surface area contributed by atoms with E-state index in [-0.39, 0.29) is 5.91 Å². The van der Waals surface area contributed by atoms with Crippen molar-refractivity contribution in [2.45, 2.75) is 38.5 Å². The van der Waals surface area contributed by atoms with Gasteiger partial charge in [-0.1, -0.05) is 15.9 Å². The van der Waals surface area contributed by atoms with Crippen molar-refractivity contribution in [3.63, 3.8) is 0 Å². The number of likely N-dealkylation sites (tertiary alicyclic amines) is 1. The van der Waals surface area contributed by atoms with Crippen molar-refractivity contribution in [3.8, 4) is 0 Å². The van der Waals surface area contributed by atoms with Crippen LogP contribution in [0.2, 0.25) is 0 Å². The van der Waals surface area contributed by atoms with Crippen LogP contribution in [0.15, 0.2) is 6.07 Å². The van der Waals surface area contributed by atoms with Gasteiger partial charge in [0.05, 0.1) is 4.88 Å². The molecule has 2 aliphatic rings. The van der Waals surface area contributed by atoms with Crippen LogP contribution in [-0.4, -0.2) is 29.2 Å². The third kappa shape index (κ3) is 2.89. The molecule has 1 aromatic rings. The highest BCUT2D eigenvalue weighted by Crippen LogP contribution is 2.31. The number of carbonyl (C=O) groups excluding carboxylic acids is 1. The highest BCUT2D eigenvalue weighted by atomic mass is 79.9. The fourth-order valence-corrected chi connectivity index (χ4v) is 4.91. The average Bonchev–Trinajstić information content (AvgIpc) is 2.90. The monoisotopic (exact) mass is 341 g/mol. The summed E-state index contributed by atoms with van der Waals surface area (Å²) in [6.07, 6.45) is 7.21. The third-order valence-electron chi connectivity index (χ3n) is 4.33. The Bertz CT molecular complexity index is 439. The van der Waals surface area contributed by atoms with E-state index < -0.39 is 0 Å². The molecule has 1 fully saturated rings. The molecule has 0 radical (unpaired) electrons. The lowest BCUT2D eigenvalue weighted by Crippen LogP contribution is -2.38. The van der Waals surface area contributed by atoms with Gasteiger partial charge in [0.15, 0.2) is 0 Å². The molecule has 2 nitrogen and oxygen atoms in total. The van der Waals surface area contributed by atoms with Crippen molar-refractivity contribution in [2.75, 3.05) is 18.4 Å². The summed E-state index contributed by atoms with van der Waals surface area (Å²) in [6, 6.07) is 2.16. The lowest BCUT2D eigenvalue weighted by atomic mass is 9.98. The van der Waals surface area contributed by atoms with Crippen molar-refractivity contribution in [2.24, 2.45) is 5.92 Å². The largest absolute Gasteiger partial charge is 0.338 e. The van der Waals surface area contributed by atoms with E-state index in [1.165, 1.54) is 36.1 Å². The van der Waals surface area contributed by atoms with Crippen LogP contribution in [0.25, 0.3) is 0 Å². The van der Waals surface area contributed by atoms with Crippen LogP contribution in [0.4, 0.5) is 0 Å². The molecule has 4 heteroatoms. The number of nitrogens with zero attached hydrogens (tertiary/aromatic N) is 1. The number of hydrogen-bond acceptors (Lipinski definition) is 2. The van der Waals surface area contributed by atoms with E-state index in [1.54, 1.807) is 11.3 Å². The predicted molar refractivity (Wildman–Crippen MR) is 83.4 cm³/mol. The molecule has 1 aliphatic carbocycles. The summed E-state index contributed by atoms with van der Waals surface area (Å²) in [5.74, 6) is 1.02. The van der Waals surface area contributed by atoms with Gasteiger partial charge in [0.1, 0.15) is 0 Å². The summed E-state index contributed by atoms with van der Waals surface area (Å²) >= 11 is 5.29. The molecule has 1 aromatic heterocycles. The zero-order valence-corrected chi connectivity index (χ0v) is 13.6. The first-order chi connectivity index (χ1) is 9.28. The summed E-state index contributed by atoms with van der Waals surface area (Å²) < 4.78 is 0. The lowest BCUT2D eigenvalue weighted by molar-refractivity contribution is 0.0704. The smallest absolute Gasteiger partial charge is 0.263 e. The van der Waals surface area contributed by atoms with Gasteiger partial charge in [0.25, 0.3) is 5.91 Å². The number of alkyl halides is 1. The van der Waals surface area contributed by atoms with Crippen molar-refractivity contribution in [3.05, 3.63) is 21.4 Å². The fraction of sp³-hybridized carbons (Fsp3) is 0.667. The fourth-order valence-electron chi connectivity index (χ4n) is 3.04. The van der Waals surface area contributed by atoms with Gasteiger partial charge in [-0.15, -0.1) is 11.3 Å². The number of halogens is 1. The molecule has 0 saturated carbocycles. The van der Waals surface area contributed by atoms with Crippen LogP contribution < -0.4 is 0 Å². The first-order valence-corrected chi connectivity index (χ1v) is 9.18. The number of fused-ring (bicyclic) bond motifs is 1. The molecule has 104 valence electrons. The van der Waals surface area contributed by atoms with Gasteiger partial charge < -0.3 is 4.90 Å². The number of piperidine rings is 1. The highest BCUT2D eigenvalue weighted by molar-refractivity contribution is 9.09. The first-order valence-electron chi connectivity index (χ1n) is 7.24. The average molecular weight is 342 g/mol. The molecule has 0 spiro atoms. The van der Waals surface area contributed by atoms with Gasteiger partial charge in [-0.05, 0) is 56.1 Å². The normalized spacial score (nSPS) is 20.4. The Hall–Kier alpha value is -0.350. The molecule has 1 saturated heterocycles. The maximum absolute atomic E-state index is 12.5. The minimum atomic E-state index is 0.271. The third-order valence-corrected chi connectivity index (χ3v) is 6.47. The number of amides is 1. The maximum atomic E-state index is 12.5. The van der Waals surface area contributed by atoms with E-state index in [1.807, 2.05) is 0 Å². The Kier molecular flexibility index (Phi) is 4.27. The van der Waals surface area contributed by atoms with E-state index in [9.17, 15) is 4.79 Å². The van der Waals surface area contributed by atoms with Crippen molar-refractivity contribution < 1.29 is 4.79 Å². The number of hydrogen-bond donors (Lipinski definition) is 0. The molecule has 0 atom stereocenters. The summed E-state index contributed by atoms with van der Waals surface area (Å²) in [5.41, 5.74) is 1.44. The molecule has 0 bridgehead atoms. The number of carbonyl (C=O) groups is 1. The van der Waals surface area contributed by atoms with Gasteiger partial charge >= 0.3 is 0 Å². The Morgan fingerprint density at radius 2 is 2.05 bits per heavy atom. The Balaban J connectivity index is 1.68. The van der Waals surface area contributed by atoms with Crippen LogP contribution in [0.3, 0.4) is 0 Å². The molecule has 1 aliphatic heterocycles. The number of thiophene rings is 1. The molecule has 1 amide bonds. The van der Waals surface area contributed by atoms with E-state index in [4.69, 9.17) is 0 Å². The van der Waals surface area contributed by atoms with E-state index in [0.717, 1.165) is 42.1 Å². The second-order valence-electron chi connectivity index (χ2n) is 5.66. The van der Waals surface area contributed by atoms with Crippen LogP contribution in [0.1, 0.15) is 45.8 Å². The van der Waals surface area contributed by atoms with Gasteiger partial charge in [-0.2, -0.15) is 0 Å². The summed E-state index contributed by atoms with van der Waals surface area (Å²) in [4.78, 5) is 17.0. The second kappa shape index (κ2) is 5.96. The molecule has 3 rings (SSSR count). The molecule has 0 unspecified atom stereocenters. The molecule has 2 heterocycles. The van der Waals surface area contributed by atoms with Gasteiger partial charge in [0.2, 0.25) is 0 Å². The van der Waals surface area contributed by atoms with Crippen LogP contribution in [-0.2, 0) is 12.8 Å². The van der Waals surface area contributed by atoms with E-state index in [0.29, 0.717) is 0 Å². The van der Waals surface area contributed by atoms with Crippen molar-refractivity contribution in [1.29, 1.82) is 0 Å². The van der Waals surface area contributed by atoms with Crippen molar-refractivity contribution >= 4 is 33.2 Å². The number of rotatable bonds is 2. The quantitative estimate of drug-likeness (QED) is 0.747. The van der Waals surface area contributed by atoms with Crippen LogP contribution >= 0.6 is 27.3 Å². The van der Waals surface area contributed by atoms with Gasteiger partial charge in [0, 0.05) is 23.3 Å². The summed E-state index contributed by atoms with van der Waals surface area (Å²) in [6.45, 7) is 1.86. The molecule has 0 N–H and O–H groups in total. The standard InChI is InChI=1S/C15H20BrNOS/c16-10-11-5-7-17(8-6-11)15(18)14-9-12-3-1-2-4-13(12)19-14/h9,11H,1-8,10H2. The van der Waals surface area contributed by atoms with E-state index in [2.05, 4.69) is 26.9 Å². The van der Waals surface area contributed by atoms with Crippen LogP contribution in [0, 0.1) is 5.92 Å². The summed E-state index contributed by atoms with van der Waals surface area (Å²) in [5, 5.41) is 1.07. The zero-order valence-electron chi connectivity index (χ0n) is 11.2. The Morgan fingerprint density at radius 3 is 2.74 bits per heavy atom. The minimum Gasteiger partial charge on any atom is -0.338 e. The summed E-state index contributed by atoms with van der Waals surface area (Å²) in [7, 11) is 0. The lowest BCUT2D eigenvalue weighted by Gasteiger charge is -2.30. The second-order valence-corrected chi connectivity index (χ2v) is 7.44. The highest BCUT2D eigenvalue weighted by Gasteiger charge is 2.25. The minimum absolute atomic E-state index is 0.271. The predicted octanol–water partition coefficient (Wildman–Crippen LogP) is 3.87. The maximum Gasteiger partial charge on any atom is 0.263 e. The molecular formula is C15H20BrNOS. The SMILES string of the molecule is O=C(c1cc2c(s1)CCCC2)N1CCC(CBr)CC1. The zero-order chi connectivity index (χ0) is 13.2. The molecule has 19 heavy (non-hydrogen) atoms. The van der Waals surface area contributed by atoms with Crippen LogP contribution in [0.5, 0.6) is 0 Å². The van der Waals surface area contributed by atoms with Gasteiger partial charge in [-0.3, -0.25) is 4.79 Å². The first kappa shape index (κ1) is 13.6. The molecular weight excluding hydrogens is 322 g/mol. The van der Waals surface area contributed by atoms with Crippen molar-refractivity contribution in [1.82, 2.24) is 4.90 Å². The van der Waals surface area contributed by atoms with E-state index >= 15 is 0 Å². The Labute approximate surface area is 127 Å². The Morgan fingerprint density at radius 1 is 1.32 bits per heavy atom. The molecule has 0 aromatic carbocycles. The van der Waals surface area contributed by atoms with Gasteiger partial charge in [-0.25, -0.2) is 0 Å².